The Kier molecular flexibility index (Phi) is 5.19. The molecule has 0 saturated carbocycles. The molecule has 0 unspecified atom stereocenters. The molecule has 0 spiro atoms. The maximum absolute atomic E-state index is 14.6. The van der Waals surface area contributed by atoms with E-state index in [9.17, 15) is 17.6 Å². The first-order valence-corrected chi connectivity index (χ1v) is 9.01. The van der Waals surface area contributed by atoms with Crippen LogP contribution in [0.2, 0.25) is 0 Å². The molecule has 0 fully saturated rings. The zero-order valence-corrected chi connectivity index (χ0v) is 16.1. The zero-order valence-electron chi connectivity index (χ0n) is 16.1. The van der Waals surface area contributed by atoms with E-state index in [0.717, 1.165) is 12.1 Å². The highest BCUT2D eigenvalue weighted by molar-refractivity contribution is 5.77. The fraction of sp³-hybridized carbons (Fsp3) is 0.150. The van der Waals surface area contributed by atoms with Crippen LogP contribution in [0.5, 0.6) is 0 Å². The molecule has 31 heavy (non-hydrogen) atoms. The molecule has 0 atom stereocenters. The molecule has 0 bridgehead atoms. The minimum absolute atomic E-state index is 0.0362. The zero-order chi connectivity index (χ0) is 22.2. The highest BCUT2D eigenvalue weighted by Crippen LogP contribution is 2.31. The molecule has 2 heterocycles. The fourth-order valence-corrected chi connectivity index (χ4v) is 3.04. The molecule has 0 amide bonds. The standard InChI is InChI=1S/C20H16F4N6O/c1-31-10-15-27-13-4-2-3-5-14(13)30(15)19-28-17(25)16(21)18(29-19)26-12-8-6-11(7-9-12)20(22,23)24/h2-9H,10H2,1H3,(H3,25,26,28,29). The Bertz CT molecular complexity index is 1240. The van der Waals surface area contributed by atoms with Gasteiger partial charge in [0.25, 0.3) is 0 Å². The van der Waals surface area contributed by atoms with Gasteiger partial charge in [0.05, 0.1) is 16.6 Å². The Morgan fingerprint density at radius 1 is 1.03 bits per heavy atom. The molecular formula is C20H16F4N6O. The number of hydrogen-bond acceptors (Lipinski definition) is 6. The molecule has 0 radical (unpaired) electrons. The van der Waals surface area contributed by atoms with Gasteiger partial charge in [-0.25, -0.2) is 4.98 Å². The van der Waals surface area contributed by atoms with Crippen molar-refractivity contribution in [2.24, 2.45) is 0 Å². The third kappa shape index (κ3) is 3.99. The van der Waals surface area contributed by atoms with Crippen molar-refractivity contribution in [1.82, 2.24) is 19.5 Å². The van der Waals surface area contributed by atoms with Crippen LogP contribution in [0, 0.1) is 5.82 Å². The first-order valence-electron chi connectivity index (χ1n) is 9.01. The molecule has 2 aromatic heterocycles. The molecule has 3 N–H and O–H groups in total. The van der Waals surface area contributed by atoms with Crippen molar-refractivity contribution in [1.29, 1.82) is 0 Å². The van der Waals surface area contributed by atoms with Gasteiger partial charge in [-0.15, -0.1) is 0 Å². The number of nitrogens with zero attached hydrogens (tertiary/aromatic N) is 4. The second-order valence-electron chi connectivity index (χ2n) is 6.56. The van der Waals surface area contributed by atoms with E-state index in [0.29, 0.717) is 16.9 Å². The van der Waals surface area contributed by atoms with E-state index in [1.54, 1.807) is 22.8 Å². The number of hydrogen-bond donors (Lipinski definition) is 2. The molecule has 160 valence electrons. The van der Waals surface area contributed by atoms with Gasteiger partial charge in [-0.3, -0.25) is 4.57 Å². The minimum Gasteiger partial charge on any atom is -0.381 e. The quantitative estimate of drug-likeness (QED) is 0.453. The van der Waals surface area contributed by atoms with Crippen LogP contribution >= 0.6 is 0 Å². The second-order valence-corrected chi connectivity index (χ2v) is 6.56. The Morgan fingerprint density at radius 2 is 1.74 bits per heavy atom. The predicted molar refractivity (Wildman–Crippen MR) is 106 cm³/mol. The lowest BCUT2D eigenvalue weighted by atomic mass is 10.2. The van der Waals surface area contributed by atoms with Gasteiger partial charge in [-0.1, -0.05) is 12.1 Å². The number of fused-ring (bicyclic) bond motifs is 1. The first kappa shape index (κ1) is 20.5. The van der Waals surface area contributed by atoms with Gasteiger partial charge in [0.1, 0.15) is 12.4 Å². The van der Waals surface area contributed by atoms with E-state index in [2.05, 4.69) is 20.3 Å². The summed E-state index contributed by atoms with van der Waals surface area (Å²) in [4.78, 5) is 12.7. The Hall–Kier alpha value is -3.73. The van der Waals surface area contributed by atoms with Crippen molar-refractivity contribution in [3.63, 3.8) is 0 Å². The second kappa shape index (κ2) is 7.84. The molecular weight excluding hydrogens is 416 g/mol. The summed E-state index contributed by atoms with van der Waals surface area (Å²) in [6, 6.07) is 11.3. The van der Waals surface area contributed by atoms with Crippen molar-refractivity contribution < 1.29 is 22.3 Å². The van der Waals surface area contributed by atoms with Crippen LogP contribution in [0.25, 0.3) is 17.0 Å². The molecule has 0 saturated heterocycles. The van der Waals surface area contributed by atoms with Crippen LogP contribution in [-0.2, 0) is 17.5 Å². The molecule has 11 heteroatoms. The van der Waals surface area contributed by atoms with Gasteiger partial charge in [-0.05, 0) is 36.4 Å². The number of para-hydroxylation sites is 2. The Morgan fingerprint density at radius 3 is 2.42 bits per heavy atom. The normalized spacial score (nSPS) is 11.8. The van der Waals surface area contributed by atoms with Gasteiger partial charge in [-0.2, -0.15) is 27.5 Å². The molecule has 0 aliphatic rings. The molecule has 2 aromatic carbocycles. The van der Waals surface area contributed by atoms with E-state index in [4.69, 9.17) is 10.5 Å². The number of benzene rings is 2. The maximum atomic E-state index is 14.6. The van der Waals surface area contributed by atoms with Crippen molar-refractivity contribution in [2.75, 3.05) is 18.2 Å². The number of aromatic nitrogens is 4. The van der Waals surface area contributed by atoms with Crippen molar-refractivity contribution >= 4 is 28.4 Å². The number of alkyl halides is 3. The van der Waals surface area contributed by atoms with Gasteiger partial charge < -0.3 is 15.8 Å². The SMILES string of the molecule is COCc1nc2ccccc2n1-c1nc(N)c(F)c(Nc2ccc(C(F)(F)F)cc2)n1. The number of nitrogens with two attached hydrogens (primary N) is 1. The summed E-state index contributed by atoms with van der Waals surface area (Å²) in [6.07, 6.45) is -4.48. The highest BCUT2D eigenvalue weighted by Gasteiger charge is 2.30. The third-order valence-corrected chi connectivity index (χ3v) is 4.44. The van der Waals surface area contributed by atoms with Crippen LogP contribution in [0.15, 0.2) is 48.5 Å². The molecule has 0 aliphatic carbocycles. The van der Waals surface area contributed by atoms with Crippen LogP contribution in [0.1, 0.15) is 11.4 Å². The van der Waals surface area contributed by atoms with Gasteiger partial charge in [0.2, 0.25) is 11.8 Å². The molecule has 7 nitrogen and oxygen atoms in total. The number of halogens is 4. The van der Waals surface area contributed by atoms with Crippen LogP contribution in [-0.4, -0.2) is 26.6 Å². The largest absolute Gasteiger partial charge is 0.416 e. The number of imidazole rings is 1. The van der Waals surface area contributed by atoms with Crippen molar-refractivity contribution in [2.45, 2.75) is 12.8 Å². The van der Waals surface area contributed by atoms with Gasteiger partial charge >= 0.3 is 6.18 Å². The molecule has 4 aromatic rings. The lowest BCUT2D eigenvalue weighted by molar-refractivity contribution is -0.137. The summed E-state index contributed by atoms with van der Waals surface area (Å²) in [5.74, 6) is -1.14. The van der Waals surface area contributed by atoms with Crippen LogP contribution < -0.4 is 11.1 Å². The summed E-state index contributed by atoms with van der Waals surface area (Å²) >= 11 is 0. The summed E-state index contributed by atoms with van der Waals surface area (Å²) in [5.41, 5.74) is 6.43. The first-order chi connectivity index (χ1) is 14.8. The molecule has 0 aliphatic heterocycles. The van der Waals surface area contributed by atoms with E-state index < -0.39 is 23.4 Å². The topological polar surface area (TPSA) is 90.9 Å². The highest BCUT2D eigenvalue weighted by atomic mass is 19.4. The Labute approximate surface area is 173 Å². The van der Waals surface area contributed by atoms with E-state index >= 15 is 0 Å². The minimum atomic E-state index is -4.48. The summed E-state index contributed by atoms with van der Waals surface area (Å²) in [6.45, 7) is 0.136. The van der Waals surface area contributed by atoms with Gasteiger partial charge in [0, 0.05) is 12.8 Å². The average Bonchev–Trinajstić information content (AvgIpc) is 3.09. The number of ether oxygens (including phenoxy) is 1. The van der Waals surface area contributed by atoms with E-state index in [1.807, 2.05) is 6.07 Å². The van der Waals surface area contributed by atoms with Crippen molar-refractivity contribution in [3.8, 4) is 5.95 Å². The third-order valence-electron chi connectivity index (χ3n) is 4.44. The maximum Gasteiger partial charge on any atom is 0.416 e. The predicted octanol–water partition coefficient (Wildman–Crippen LogP) is 4.45. The summed E-state index contributed by atoms with van der Waals surface area (Å²) in [7, 11) is 1.50. The van der Waals surface area contributed by atoms with E-state index in [-0.39, 0.29) is 24.1 Å². The fourth-order valence-electron chi connectivity index (χ4n) is 3.04. The summed E-state index contributed by atoms with van der Waals surface area (Å²) < 4.78 is 59.7. The van der Waals surface area contributed by atoms with Crippen molar-refractivity contribution in [3.05, 3.63) is 65.7 Å². The smallest absolute Gasteiger partial charge is 0.381 e. The van der Waals surface area contributed by atoms with Gasteiger partial charge in [0.15, 0.2) is 11.6 Å². The monoisotopic (exact) mass is 432 g/mol. The lowest BCUT2D eigenvalue weighted by Gasteiger charge is -2.13. The average molecular weight is 432 g/mol. The number of anilines is 3. The number of rotatable bonds is 5. The number of nitrogen functional groups attached to an aromatic ring is 1. The van der Waals surface area contributed by atoms with Crippen LogP contribution in [0.3, 0.4) is 0 Å². The van der Waals surface area contributed by atoms with E-state index in [1.165, 1.54) is 19.2 Å². The molecule has 4 rings (SSSR count). The number of methoxy groups -OCH3 is 1. The number of nitrogens with one attached hydrogen (secondary N) is 1. The van der Waals surface area contributed by atoms with Crippen LogP contribution in [0.4, 0.5) is 34.9 Å². The Balaban J connectivity index is 1.78. The summed E-state index contributed by atoms with van der Waals surface area (Å²) in [5, 5.41) is 2.66. The lowest BCUT2D eigenvalue weighted by Crippen LogP contribution is -2.12.